The van der Waals surface area contributed by atoms with Crippen LogP contribution >= 0.6 is 23.1 Å². The molecule has 0 aliphatic carbocycles. The van der Waals surface area contributed by atoms with Gasteiger partial charge in [0.2, 0.25) is 11.0 Å². The van der Waals surface area contributed by atoms with Crippen LogP contribution in [0.1, 0.15) is 5.56 Å². The monoisotopic (exact) mass is 369 g/mol. The van der Waals surface area contributed by atoms with Gasteiger partial charge in [0.25, 0.3) is 0 Å². The zero-order valence-corrected chi connectivity index (χ0v) is 14.3. The van der Waals surface area contributed by atoms with E-state index in [0.29, 0.717) is 10.3 Å². The maximum absolute atomic E-state index is 12.0. The molecule has 0 aliphatic rings. The predicted octanol–water partition coefficient (Wildman–Crippen LogP) is 2.18. The number of nitrogens with two attached hydrogens (primary N) is 1. The molecule has 25 heavy (non-hydrogen) atoms. The molecule has 124 valence electrons. The van der Waals surface area contributed by atoms with E-state index in [-0.39, 0.29) is 23.0 Å². The first-order chi connectivity index (χ1) is 12.2. The summed E-state index contributed by atoms with van der Waals surface area (Å²) >= 11 is 2.41. The maximum Gasteiger partial charge on any atom is 0.236 e. The highest BCUT2D eigenvalue weighted by atomic mass is 32.2. The van der Waals surface area contributed by atoms with Gasteiger partial charge in [-0.25, -0.2) is 9.97 Å². The van der Waals surface area contributed by atoms with Gasteiger partial charge in [-0.15, -0.1) is 10.2 Å². The molecule has 0 saturated carbocycles. The van der Waals surface area contributed by atoms with Crippen molar-refractivity contribution in [2.75, 3.05) is 16.8 Å². The number of benzene rings is 1. The van der Waals surface area contributed by atoms with Gasteiger partial charge in [-0.3, -0.25) is 10.1 Å². The molecule has 8 nitrogen and oxygen atoms in total. The average Bonchev–Trinajstić information content (AvgIpc) is 3.09. The zero-order valence-electron chi connectivity index (χ0n) is 12.7. The van der Waals surface area contributed by atoms with Crippen molar-refractivity contribution < 1.29 is 4.79 Å². The van der Waals surface area contributed by atoms with Crippen molar-refractivity contribution in [3.63, 3.8) is 0 Å². The number of aromatic nitrogens is 4. The van der Waals surface area contributed by atoms with Gasteiger partial charge in [0, 0.05) is 5.56 Å². The molecule has 0 radical (unpaired) electrons. The normalized spacial score (nSPS) is 10.2. The third-order valence-electron chi connectivity index (χ3n) is 2.94. The van der Waals surface area contributed by atoms with Crippen molar-refractivity contribution in [2.24, 2.45) is 0 Å². The van der Waals surface area contributed by atoms with Gasteiger partial charge in [-0.05, 0) is 0 Å². The Bertz CT molecular complexity index is 937. The number of hydrogen-bond acceptors (Lipinski definition) is 9. The summed E-state index contributed by atoms with van der Waals surface area (Å²) < 4.78 is 0. The Kier molecular flexibility index (Phi) is 5.17. The lowest BCUT2D eigenvalue weighted by atomic mass is 10.2. The predicted molar refractivity (Wildman–Crippen MR) is 95.9 cm³/mol. The number of carbonyl (C=O) groups is 1. The van der Waals surface area contributed by atoms with E-state index in [1.54, 1.807) is 0 Å². The van der Waals surface area contributed by atoms with E-state index in [2.05, 4.69) is 25.5 Å². The minimum atomic E-state index is -0.257. The van der Waals surface area contributed by atoms with Crippen LogP contribution in [-0.4, -0.2) is 31.8 Å². The van der Waals surface area contributed by atoms with Crippen LogP contribution in [-0.2, 0) is 4.79 Å². The number of hydrogen-bond donors (Lipinski definition) is 2. The fourth-order valence-corrected chi connectivity index (χ4v) is 3.18. The van der Waals surface area contributed by atoms with Crippen LogP contribution in [0.3, 0.4) is 0 Å². The molecule has 0 spiro atoms. The fraction of sp³-hybridized carbons (Fsp3) is 0.0667. The summed E-state index contributed by atoms with van der Waals surface area (Å²) in [7, 11) is 0. The number of nitrogens with one attached hydrogen (secondary N) is 1. The van der Waals surface area contributed by atoms with E-state index >= 15 is 0 Å². The Morgan fingerprint density at radius 1 is 1.32 bits per heavy atom. The van der Waals surface area contributed by atoms with Gasteiger partial charge < -0.3 is 5.73 Å². The number of anilines is 2. The molecule has 2 heterocycles. The number of rotatable bonds is 5. The van der Waals surface area contributed by atoms with Crippen molar-refractivity contribution in [3.8, 4) is 16.6 Å². The Morgan fingerprint density at radius 2 is 2.12 bits per heavy atom. The minimum absolute atomic E-state index is 0.0889. The lowest BCUT2D eigenvalue weighted by molar-refractivity contribution is -0.113. The lowest BCUT2D eigenvalue weighted by Crippen LogP contribution is -2.14. The van der Waals surface area contributed by atoms with Crippen LogP contribution in [0.15, 0.2) is 41.7 Å². The molecule has 1 amide bonds. The highest BCUT2D eigenvalue weighted by Gasteiger charge is 2.11. The van der Waals surface area contributed by atoms with Crippen LogP contribution < -0.4 is 11.1 Å². The number of carbonyl (C=O) groups excluding carboxylic acids is 1. The lowest BCUT2D eigenvalue weighted by Gasteiger charge is -2.02. The molecule has 0 saturated heterocycles. The number of amides is 1. The fourth-order valence-electron chi connectivity index (χ4n) is 1.79. The first kappa shape index (κ1) is 16.8. The van der Waals surface area contributed by atoms with Crippen LogP contribution in [0, 0.1) is 11.3 Å². The van der Waals surface area contributed by atoms with Gasteiger partial charge in [-0.1, -0.05) is 53.4 Å². The van der Waals surface area contributed by atoms with Crippen molar-refractivity contribution in [3.05, 3.63) is 42.1 Å². The summed E-state index contributed by atoms with van der Waals surface area (Å²) in [6.45, 7) is 0. The highest BCUT2D eigenvalue weighted by molar-refractivity contribution is 7.99. The molecule has 2 aromatic heterocycles. The van der Waals surface area contributed by atoms with Gasteiger partial charge in [0.1, 0.15) is 22.5 Å². The first-order valence-corrected chi connectivity index (χ1v) is 8.80. The van der Waals surface area contributed by atoms with Crippen LogP contribution in [0.5, 0.6) is 0 Å². The Labute approximate surface area is 151 Å². The van der Waals surface area contributed by atoms with Crippen molar-refractivity contribution in [2.45, 2.75) is 5.16 Å². The third-order valence-corrected chi connectivity index (χ3v) is 4.69. The summed E-state index contributed by atoms with van der Waals surface area (Å²) in [5.41, 5.74) is 6.76. The molecule has 10 heteroatoms. The van der Waals surface area contributed by atoms with E-state index in [1.807, 2.05) is 36.4 Å². The molecule has 3 rings (SSSR count). The van der Waals surface area contributed by atoms with E-state index in [9.17, 15) is 4.79 Å². The van der Waals surface area contributed by atoms with Gasteiger partial charge in [0.15, 0.2) is 5.16 Å². The molecule has 0 bridgehead atoms. The van der Waals surface area contributed by atoms with Crippen LogP contribution in [0.2, 0.25) is 0 Å². The van der Waals surface area contributed by atoms with Crippen LogP contribution in [0.25, 0.3) is 10.6 Å². The molecule has 0 aliphatic heterocycles. The maximum atomic E-state index is 12.0. The van der Waals surface area contributed by atoms with Crippen molar-refractivity contribution >= 4 is 40.0 Å². The summed E-state index contributed by atoms with van der Waals surface area (Å²) in [5.74, 6) is -0.0738. The second kappa shape index (κ2) is 7.69. The van der Waals surface area contributed by atoms with Crippen LogP contribution in [0.4, 0.5) is 10.9 Å². The molecule has 1 aromatic carbocycles. The second-order valence-electron chi connectivity index (χ2n) is 4.68. The first-order valence-electron chi connectivity index (χ1n) is 7.00. The molecule has 0 atom stereocenters. The summed E-state index contributed by atoms with van der Waals surface area (Å²) in [4.78, 5) is 20.0. The summed E-state index contributed by atoms with van der Waals surface area (Å²) in [6.07, 6.45) is 1.33. The Morgan fingerprint density at radius 3 is 2.84 bits per heavy atom. The minimum Gasteiger partial charge on any atom is -0.382 e. The largest absolute Gasteiger partial charge is 0.382 e. The SMILES string of the molecule is N#Cc1cnc(SCC(=O)Nc2nnc(-c3ccccc3)s2)nc1N. The molecule has 3 N–H and O–H groups in total. The van der Waals surface area contributed by atoms with Gasteiger partial charge >= 0.3 is 0 Å². The zero-order chi connectivity index (χ0) is 17.6. The van der Waals surface area contributed by atoms with Crippen molar-refractivity contribution in [1.82, 2.24) is 20.2 Å². The molecule has 0 unspecified atom stereocenters. The highest BCUT2D eigenvalue weighted by Crippen LogP contribution is 2.26. The van der Waals surface area contributed by atoms with E-state index in [1.165, 1.54) is 17.5 Å². The topological polar surface area (TPSA) is 130 Å². The Balaban J connectivity index is 1.57. The number of thioether (sulfide) groups is 1. The summed E-state index contributed by atoms with van der Waals surface area (Å²) in [6, 6.07) is 11.5. The van der Waals surface area contributed by atoms with E-state index in [0.717, 1.165) is 22.3 Å². The van der Waals surface area contributed by atoms with Gasteiger partial charge in [0.05, 0.1) is 11.9 Å². The van der Waals surface area contributed by atoms with Crippen molar-refractivity contribution in [1.29, 1.82) is 5.26 Å². The summed E-state index contributed by atoms with van der Waals surface area (Å²) in [5, 5.41) is 21.0. The Hall–Kier alpha value is -3.03. The average molecular weight is 369 g/mol. The smallest absolute Gasteiger partial charge is 0.236 e. The number of nitrogens with zero attached hydrogens (tertiary/aromatic N) is 5. The van der Waals surface area contributed by atoms with E-state index < -0.39 is 0 Å². The molecule has 3 aromatic rings. The number of nitriles is 1. The molecular formula is C15H11N7OS2. The quantitative estimate of drug-likeness (QED) is 0.517. The third kappa shape index (κ3) is 4.28. The number of nitrogen functional groups attached to an aromatic ring is 1. The molecule has 0 fully saturated rings. The van der Waals surface area contributed by atoms with Gasteiger partial charge in [-0.2, -0.15) is 5.26 Å². The second-order valence-corrected chi connectivity index (χ2v) is 6.60. The molecular weight excluding hydrogens is 358 g/mol. The van der Waals surface area contributed by atoms with E-state index in [4.69, 9.17) is 11.0 Å². The standard InChI is InChI=1S/C15H11N7OS2/c16-6-10-7-18-14(20-12(10)17)24-8-11(23)19-15-22-21-13(25-15)9-4-2-1-3-5-9/h1-5,7H,8H2,(H2,17,18,20)(H,19,22,23).